The molecule has 1 amide bonds. The van der Waals surface area contributed by atoms with Crippen molar-refractivity contribution in [2.45, 2.75) is 71.4 Å². The van der Waals surface area contributed by atoms with Crippen LogP contribution in [0.25, 0.3) is 0 Å². The number of hydrogen-bond acceptors (Lipinski definition) is 3. The molecule has 1 aromatic heterocycles. The fraction of sp³-hybridized carbons (Fsp3) is 0.722. The van der Waals surface area contributed by atoms with Gasteiger partial charge in [-0.1, -0.05) is 45.4 Å². The van der Waals surface area contributed by atoms with Gasteiger partial charge in [-0.3, -0.25) is 14.6 Å². The molecule has 0 radical (unpaired) electrons. The molecular weight excluding hydrogens is 306 g/mol. The summed E-state index contributed by atoms with van der Waals surface area (Å²) >= 11 is 0. The maximum Gasteiger partial charge on any atom is 0.325 e. The summed E-state index contributed by atoms with van der Waals surface area (Å²) in [6.07, 6.45) is 9.21. The molecule has 2 heterocycles. The van der Waals surface area contributed by atoms with E-state index in [2.05, 4.69) is 16.9 Å². The minimum absolute atomic E-state index is 0.0400. The van der Waals surface area contributed by atoms with Gasteiger partial charge in [0.25, 0.3) is 5.56 Å². The molecule has 6 nitrogen and oxygen atoms in total. The van der Waals surface area contributed by atoms with Crippen molar-refractivity contribution in [1.29, 1.82) is 0 Å². The highest BCUT2D eigenvalue weighted by molar-refractivity contribution is 5.79. The Morgan fingerprint density at radius 2 is 1.92 bits per heavy atom. The molecule has 0 bridgehead atoms. The van der Waals surface area contributed by atoms with Gasteiger partial charge in [-0.15, -0.1) is 0 Å². The van der Waals surface area contributed by atoms with Crippen LogP contribution in [0.15, 0.2) is 9.59 Å². The highest BCUT2D eigenvalue weighted by Gasteiger charge is 2.32. The number of fused-ring (bicyclic) bond motifs is 1. The summed E-state index contributed by atoms with van der Waals surface area (Å²) in [7, 11) is 0. The van der Waals surface area contributed by atoms with Crippen molar-refractivity contribution in [3.63, 3.8) is 0 Å². The van der Waals surface area contributed by atoms with Gasteiger partial charge in [0.1, 0.15) is 0 Å². The van der Waals surface area contributed by atoms with Crippen LogP contribution in [0, 0.1) is 11.8 Å². The Morgan fingerprint density at radius 3 is 2.62 bits per heavy atom. The predicted octanol–water partition coefficient (Wildman–Crippen LogP) is 2.29. The topological polar surface area (TPSA) is 86.0 Å². The number of H-pyrrole nitrogens is 2. The van der Waals surface area contributed by atoms with E-state index >= 15 is 0 Å². The summed E-state index contributed by atoms with van der Waals surface area (Å²) < 4.78 is 0. The summed E-state index contributed by atoms with van der Waals surface area (Å²) in [5, 5.41) is 0. The average molecular weight is 333 g/mol. The van der Waals surface area contributed by atoms with Crippen LogP contribution in [-0.4, -0.2) is 20.8 Å². The first kappa shape index (κ1) is 17.0. The van der Waals surface area contributed by atoms with Gasteiger partial charge in [-0.2, -0.15) is 0 Å². The summed E-state index contributed by atoms with van der Waals surface area (Å²) in [5.74, 6) is 0.838. The third-order valence-corrected chi connectivity index (χ3v) is 5.47. The Morgan fingerprint density at radius 1 is 1.17 bits per heavy atom. The molecule has 0 saturated heterocycles. The zero-order valence-corrected chi connectivity index (χ0v) is 14.4. The van der Waals surface area contributed by atoms with Gasteiger partial charge < -0.3 is 9.88 Å². The standard InChI is InChI=1S/C18H27N3O3/c1-2-6-13(9-12-7-4-3-5-8-12)17(23)21-10-14-15(11-21)19-18(24)20-16(14)22/h12-13H,2-11H2,1H3,(H2,19,20,22,24). The number of carbonyl (C=O) groups excluding carboxylic acids is 1. The van der Waals surface area contributed by atoms with Crippen LogP contribution >= 0.6 is 0 Å². The van der Waals surface area contributed by atoms with E-state index in [1.54, 1.807) is 4.90 Å². The van der Waals surface area contributed by atoms with Gasteiger partial charge in [0, 0.05) is 11.6 Å². The Bertz CT molecular complexity index is 700. The molecule has 1 aliphatic carbocycles. The van der Waals surface area contributed by atoms with E-state index in [-0.39, 0.29) is 17.4 Å². The molecule has 1 saturated carbocycles. The van der Waals surface area contributed by atoms with Crippen molar-refractivity contribution >= 4 is 5.91 Å². The van der Waals surface area contributed by atoms with E-state index in [4.69, 9.17) is 0 Å². The number of rotatable bonds is 5. The van der Waals surface area contributed by atoms with Crippen molar-refractivity contribution < 1.29 is 4.79 Å². The lowest BCUT2D eigenvalue weighted by atomic mass is 9.81. The van der Waals surface area contributed by atoms with Gasteiger partial charge in [-0.05, 0) is 18.8 Å². The summed E-state index contributed by atoms with van der Waals surface area (Å²) in [6, 6.07) is 0. The normalized spacial score (nSPS) is 19.3. The molecular formula is C18H27N3O3. The molecule has 24 heavy (non-hydrogen) atoms. The fourth-order valence-corrected chi connectivity index (χ4v) is 4.23. The smallest absolute Gasteiger partial charge is 0.325 e. The number of amides is 1. The van der Waals surface area contributed by atoms with Crippen molar-refractivity contribution in [2.24, 2.45) is 11.8 Å². The zero-order chi connectivity index (χ0) is 17.1. The van der Waals surface area contributed by atoms with Crippen LogP contribution in [-0.2, 0) is 17.9 Å². The molecule has 132 valence electrons. The van der Waals surface area contributed by atoms with Crippen LogP contribution in [0.1, 0.15) is 69.5 Å². The molecule has 1 atom stereocenters. The summed E-state index contributed by atoms with van der Waals surface area (Å²) in [4.78, 5) is 42.9. The highest BCUT2D eigenvalue weighted by atomic mass is 16.2. The van der Waals surface area contributed by atoms with Crippen molar-refractivity contribution in [1.82, 2.24) is 14.9 Å². The molecule has 1 unspecified atom stereocenters. The molecule has 6 heteroatoms. The van der Waals surface area contributed by atoms with E-state index < -0.39 is 5.69 Å². The summed E-state index contributed by atoms with van der Waals surface area (Å²) in [6.45, 7) is 2.77. The lowest BCUT2D eigenvalue weighted by Gasteiger charge is -2.28. The van der Waals surface area contributed by atoms with Gasteiger partial charge in [0.2, 0.25) is 5.91 Å². The van der Waals surface area contributed by atoms with Crippen LogP contribution in [0.3, 0.4) is 0 Å². The number of carbonyl (C=O) groups is 1. The molecule has 0 aromatic carbocycles. The van der Waals surface area contributed by atoms with Gasteiger partial charge >= 0.3 is 5.69 Å². The number of nitrogens with zero attached hydrogens (tertiary/aromatic N) is 1. The third kappa shape index (κ3) is 3.62. The Hall–Kier alpha value is -1.85. The van der Waals surface area contributed by atoms with Crippen molar-refractivity contribution in [2.75, 3.05) is 0 Å². The summed E-state index contributed by atoms with van der Waals surface area (Å²) in [5.41, 5.74) is 0.240. The minimum atomic E-state index is -0.500. The molecule has 1 aliphatic heterocycles. The molecule has 1 aromatic rings. The Labute approximate surface area is 141 Å². The maximum atomic E-state index is 13.0. The maximum absolute atomic E-state index is 13.0. The molecule has 2 N–H and O–H groups in total. The van der Waals surface area contributed by atoms with Crippen LogP contribution in [0.4, 0.5) is 0 Å². The van der Waals surface area contributed by atoms with Gasteiger partial charge in [0.05, 0.1) is 18.7 Å². The molecule has 0 spiro atoms. The number of aromatic nitrogens is 2. The first-order valence-electron chi connectivity index (χ1n) is 9.21. The Balaban J connectivity index is 1.70. The lowest BCUT2D eigenvalue weighted by molar-refractivity contribution is -0.137. The Kier molecular flexibility index (Phi) is 5.21. The van der Waals surface area contributed by atoms with Crippen LogP contribution in [0.2, 0.25) is 0 Å². The SMILES string of the molecule is CCCC(CC1CCCCC1)C(=O)N1Cc2[nH]c(=O)[nH]c(=O)c2C1. The van der Waals surface area contributed by atoms with E-state index in [0.29, 0.717) is 30.3 Å². The van der Waals surface area contributed by atoms with E-state index in [1.165, 1.54) is 32.1 Å². The predicted molar refractivity (Wildman–Crippen MR) is 91.5 cm³/mol. The molecule has 2 aliphatic rings. The third-order valence-electron chi connectivity index (χ3n) is 5.47. The van der Waals surface area contributed by atoms with Gasteiger partial charge in [0.15, 0.2) is 0 Å². The minimum Gasteiger partial charge on any atom is -0.332 e. The van der Waals surface area contributed by atoms with Crippen LogP contribution in [0.5, 0.6) is 0 Å². The average Bonchev–Trinajstić information content (AvgIpc) is 2.99. The quantitative estimate of drug-likeness (QED) is 0.867. The van der Waals surface area contributed by atoms with E-state index in [1.807, 2.05) is 0 Å². The number of hydrogen-bond donors (Lipinski definition) is 2. The zero-order valence-electron chi connectivity index (χ0n) is 14.4. The first-order valence-corrected chi connectivity index (χ1v) is 9.21. The van der Waals surface area contributed by atoms with Gasteiger partial charge in [-0.25, -0.2) is 4.79 Å². The molecule has 1 fully saturated rings. The largest absolute Gasteiger partial charge is 0.332 e. The highest BCUT2D eigenvalue weighted by Crippen LogP contribution is 2.32. The lowest BCUT2D eigenvalue weighted by Crippen LogP contribution is -2.33. The van der Waals surface area contributed by atoms with Crippen molar-refractivity contribution in [3.8, 4) is 0 Å². The fourth-order valence-electron chi connectivity index (χ4n) is 4.23. The second kappa shape index (κ2) is 7.36. The first-order chi connectivity index (χ1) is 11.6. The second-order valence-corrected chi connectivity index (χ2v) is 7.28. The monoisotopic (exact) mass is 333 g/mol. The molecule has 3 rings (SSSR count). The van der Waals surface area contributed by atoms with E-state index in [0.717, 1.165) is 19.3 Å². The number of nitrogens with one attached hydrogen (secondary N) is 2. The van der Waals surface area contributed by atoms with Crippen molar-refractivity contribution in [3.05, 3.63) is 32.1 Å². The second-order valence-electron chi connectivity index (χ2n) is 7.28. The number of aromatic amines is 2. The van der Waals surface area contributed by atoms with E-state index in [9.17, 15) is 14.4 Å². The van der Waals surface area contributed by atoms with Crippen LogP contribution < -0.4 is 11.2 Å².